The van der Waals surface area contributed by atoms with Gasteiger partial charge < -0.3 is 0 Å². The number of halogens is 12. The molecule has 31 heavy (non-hydrogen) atoms. The normalized spacial score (nSPS) is 11.2. The molecule has 0 saturated heterocycles. The molecule has 0 aromatic heterocycles. The Morgan fingerprint density at radius 2 is 0.484 bits per heavy atom. The van der Waals surface area contributed by atoms with E-state index in [1.165, 1.54) is 0 Å². The molecule has 0 saturated carbocycles. The van der Waals surface area contributed by atoms with E-state index in [2.05, 4.69) is 0 Å². The van der Waals surface area contributed by atoms with Gasteiger partial charge in [0.25, 0.3) is 0 Å². The van der Waals surface area contributed by atoms with Gasteiger partial charge in [0, 0.05) is 0 Å². The minimum atomic E-state index is -6.58. The zero-order valence-corrected chi connectivity index (χ0v) is 18.8. The SMILES string of the molecule is Fc1cc(F)c(F)[c]([Tl]([c]2c(F)c(F)cc(F)c2F)[c]2c(F)c(F)cc(F)c2F)c1F. The predicted octanol–water partition coefficient (Wildman–Crippen LogP) is 3.87. The Kier molecular flexibility index (Phi) is 6.31. The molecule has 0 aliphatic heterocycles. The number of rotatable bonds is 3. The van der Waals surface area contributed by atoms with E-state index in [9.17, 15) is 52.7 Å². The maximum atomic E-state index is 14.4. The van der Waals surface area contributed by atoms with Gasteiger partial charge in [0.15, 0.2) is 0 Å². The Morgan fingerprint density at radius 1 is 0.323 bits per heavy atom. The van der Waals surface area contributed by atoms with E-state index in [1.54, 1.807) is 0 Å². The van der Waals surface area contributed by atoms with Gasteiger partial charge >= 0.3 is 173 Å². The molecule has 0 spiro atoms. The van der Waals surface area contributed by atoms with E-state index in [1.807, 2.05) is 0 Å². The number of hydrogen-bond donors (Lipinski definition) is 0. The fraction of sp³-hybridized carbons (Fsp3) is 0. The molecule has 13 heteroatoms. The second-order valence-corrected chi connectivity index (χ2v) is 16.2. The van der Waals surface area contributed by atoms with Crippen LogP contribution in [0.2, 0.25) is 0 Å². The predicted molar refractivity (Wildman–Crippen MR) is 83.5 cm³/mol. The average molecular weight is 652 g/mol. The first kappa shape index (κ1) is 23.4. The zero-order valence-electron chi connectivity index (χ0n) is 14.3. The molecule has 0 unspecified atom stereocenters. The van der Waals surface area contributed by atoms with Crippen molar-refractivity contribution in [3.05, 3.63) is 88.0 Å². The number of benzene rings is 3. The van der Waals surface area contributed by atoms with E-state index in [0.29, 0.717) is 0 Å². The fourth-order valence-electron chi connectivity index (χ4n) is 2.97. The maximum absolute atomic E-state index is 14.4. The molecule has 3 rings (SSSR count). The van der Waals surface area contributed by atoms with Crippen LogP contribution in [0.4, 0.5) is 52.7 Å². The van der Waals surface area contributed by atoms with Crippen LogP contribution in [0, 0.1) is 69.8 Å². The van der Waals surface area contributed by atoms with Gasteiger partial charge in [0.2, 0.25) is 0 Å². The summed E-state index contributed by atoms with van der Waals surface area (Å²) in [5.74, 6) is -27.6. The second kappa shape index (κ2) is 8.35. The molecule has 0 aliphatic rings. The Bertz CT molecular complexity index is 994. The van der Waals surface area contributed by atoms with Crippen LogP contribution in [0.5, 0.6) is 0 Å². The summed E-state index contributed by atoms with van der Waals surface area (Å²) in [4.78, 5) is 0. The van der Waals surface area contributed by atoms with Crippen molar-refractivity contribution in [2.24, 2.45) is 0 Å². The van der Waals surface area contributed by atoms with Crippen molar-refractivity contribution in [3.63, 3.8) is 0 Å². The third-order valence-electron chi connectivity index (χ3n) is 4.30. The summed E-state index contributed by atoms with van der Waals surface area (Å²) in [5, 5.41) is 0. The molecule has 162 valence electrons. The van der Waals surface area contributed by atoms with Crippen LogP contribution in [-0.4, -0.2) is 22.7 Å². The molecule has 0 atom stereocenters. The Labute approximate surface area is 172 Å². The van der Waals surface area contributed by atoms with Crippen molar-refractivity contribution in [1.82, 2.24) is 0 Å². The van der Waals surface area contributed by atoms with E-state index in [-0.39, 0.29) is 18.2 Å². The number of hydrogen-bond acceptors (Lipinski definition) is 0. The molecule has 3 aromatic carbocycles. The van der Waals surface area contributed by atoms with Gasteiger partial charge in [-0.25, -0.2) is 0 Å². The summed E-state index contributed by atoms with van der Waals surface area (Å²) < 4.78 is 163. The molecule has 0 bridgehead atoms. The van der Waals surface area contributed by atoms with Crippen LogP contribution in [0.1, 0.15) is 0 Å². The first-order valence-electron chi connectivity index (χ1n) is 7.87. The van der Waals surface area contributed by atoms with Gasteiger partial charge in [-0.2, -0.15) is 0 Å². The fourth-order valence-corrected chi connectivity index (χ4v) is 15.5. The first-order chi connectivity index (χ1) is 14.4. The molecule has 0 fully saturated rings. The molecule has 0 amide bonds. The van der Waals surface area contributed by atoms with Crippen LogP contribution in [0.15, 0.2) is 18.2 Å². The van der Waals surface area contributed by atoms with Crippen molar-refractivity contribution < 1.29 is 52.7 Å². The van der Waals surface area contributed by atoms with Gasteiger partial charge in [-0.15, -0.1) is 0 Å². The van der Waals surface area contributed by atoms with Gasteiger partial charge in [-0.3, -0.25) is 0 Å². The van der Waals surface area contributed by atoms with Gasteiger partial charge in [-0.1, -0.05) is 0 Å². The summed E-state index contributed by atoms with van der Waals surface area (Å²) in [6, 6.07) is -1.09. The van der Waals surface area contributed by atoms with Crippen molar-refractivity contribution in [2.75, 3.05) is 0 Å². The summed E-state index contributed by atoms with van der Waals surface area (Å²) in [6.07, 6.45) is 0. The minimum absolute atomic E-state index is 0.364. The molecule has 0 N–H and O–H groups in total. The van der Waals surface area contributed by atoms with Crippen LogP contribution in [-0.2, 0) is 0 Å². The molecule has 3 aromatic rings. The van der Waals surface area contributed by atoms with Crippen LogP contribution < -0.4 is 9.37 Å². The third-order valence-corrected chi connectivity index (χ3v) is 16.9. The summed E-state index contributed by atoms with van der Waals surface area (Å²) in [6.45, 7) is 0. The Balaban J connectivity index is 2.61. The van der Waals surface area contributed by atoms with Crippen LogP contribution >= 0.6 is 0 Å². The van der Waals surface area contributed by atoms with E-state index in [0.717, 1.165) is 0 Å². The van der Waals surface area contributed by atoms with Crippen molar-refractivity contribution in [1.29, 1.82) is 0 Å². The molecule has 0 nitrogen and oxygen atoms in total. The summed E-state index contributed by atoms with van der Waals surface area (Å²) in [5.41, 5.74) is 0. The first-order valence-corrected chi connectivity index (χ1v) is 14.6. The van der Waals surface area contributed by atoms with Gasteiger partial charge in [0.05, 0.1) is 0 Å². The van der Waals surface area contributed by atoms with E-state index >= 15 is 0 Å². The molecular weight excluding hydrogens is 649 g/mol. The summed E-state index contributed by atoms with van der Waals surface area (Å²) in [7, 11) is 0. The van der Waals surface area contributed by atoms with Gasteiger partial charge in [0.1, 0.15) is 0 Å². The Hall–Kier alpha value is -2.26. The summed E-state index contributed by atoms with van der Waals surface area (Å²) >= 11 is -6.58. The van der Waals surface area contributed by atoms with Crippen molar-refractivity contribution >= 4 is 32.1 Å². The second-order valence-electron chi connectivity index (χ2n) is 6.08. The van der Waals surface area contributed by atoms with Crippen molar-refractivity contribution in [2.45, 2.75) is 0 Å². The monoisotopic (exact) mass is 652 g/mol. The van der Waals surface area contributed by atoms with E-state index in [4.69, 9.17) is 0 Å². The molecular formula is C18H3F12Tl. The van der Waals surface area contributed by atoms with Crippen LogP contribution in [0.3, 0.4) is 0 Å². The Morgan fingerprint density at radius 3 is 0.645 bits per heavy atom. The standard InChI is InChI=1S/3C6HF4.Tl/c3*7-3-1-4(8)6(10)2-5(3)9;/h3*1H;. The van der Waals surface area contributed by atoms with Gasteiger partial charge in [-0.05, 0) is 0 Å². The van der Waals surface area contributed by atoms with E-state index < -0.39 is 102 Å². The van der Waals surface area contributed by atoms with Crippen LogP contribution in [0.25, 0.3) is 0 Å². The average Bonchev–Trinajstić information content (AvgIpc) is 2.69. The third kappa shape index (κ3) is 3.78. The van der Waals surface area contributed by atoms with Crippen molar-refractivity contribution in [3.8, 4) is 0 Å². The molecule has 0 radical (unpaired) electrons. The quantitative estimate of drug-likeness (QED) is 0.230. The molecule has 0 aliphatic carbocycles. The molecule has 0 heterocycles. The zero-order chi connectivity index (χ0) is 23.4. The topological polar surface area (TPSA) is 0 Å².